The number of nitrogens with zero attached hydrogens (tertiary/aromatic N) is 2. The third kappa shape index (κ3) is 1.79. The molecule has 1 aliphatic carbocycles. The van der Waals surface area contributed by atoms with Crippen molar-refractivity contribution in [1.29, 1.82) is 0 Å². The summed E-state index contributed by atoms with van der Waals surface area (Å²) in [5, 5.41) is 3.48. The second-order valence-electron chi connectivity index (χ2n) is 6.72. The van der Waals surface area contributed by atoms with Crippen molar-refractivity contribution in [3.63, 3.8) is 0 Å². The first-order valence-corrected chi connectivity index (χ1v) is 8.57. The number of aromatic nitrogens is 2. The molecule has 2 heteroatoms. The van der Waals surface area contributed by atoms with Crippen molar-refractivity contribution in [2.75, 3.05) is 0 Å². The molecule has 0 saturated heterocycles. The average molecular weight is 318 g/mol. The molecule has 1 aliphatic rings. The van der Waals surface area contributed by atoms with E-state index in [9.17, 15) is 0 Å². The maximum atomic E-state index is 5.07. The third-order valence-electron chi connectivity index (χ3n) is 5.20. The van der Waals surface area contributed by atoms with Crippen molar-refractivity contribution in [2.24, 2.45) is 0 Å². The Morgan fingerprint density at radius 2 is 1.36 bits per heavy atom. The molecule has 0 atom stereocenters. The van der Waals surface area contributed by atoms with Crippen LogP contribution >= 0.6 is 0 Å². The molecule has 6 rings (SSSR count). The van der Waals surface area contributed by atoms with Gasteiger partial charge in [-0.25, -0.2) is 9.97 Å². The van der Waals surface area contributed by atoms with E-state index in [0.29, 0.717) is 0 Å². The van der Waals surface area contributed by atoms with Crippen LogP contribution in [0.4, 0.5) is 0 Å². The average Bonchev–Trinajstić information content (AvgIpc) is 3.02. The Bertz CT molecular complexity index is 1320. The van der Waals surface area contributed by atoms with Crippen LogP contribution in [0.25, 0.3) is 44.0 Å². The zero-order chi connectivity index (χ0) is 16.4. The van der Waals surface area contributed by atoms with E-state index >= 15 is 0 Å². The van der Waals surface area contributed by atoms with Crippen LogP contribution in [0, 0.1) is 0 Å². The number of benzene rings is 3. The van der Waals surface area contributed by atoms with Gasteiger partial charge in [0.05, 0.1) is 22.2 Å². The lowest BCUT2D eigenvalue weighted by Crippen LogP contribution is -1.91. The summed E-state index contributed by atoms with van der Waals surface area (Å²) in [5.41, 5.74) is 8.06. The Balaban J connectivity index is 1.74. The van der Waals surface area contributed by atoms with Crippen LogP contribution in [0.15, 0.2) is 72.8 Å². The highest BCUT2D eigenvalue weighted by molar-refractivity contribution is 6.07. The summed E-state index contributed by atoms with van der Waals surface area (Å²) in [7, 11) is 0. The van der Waals surface area contributed by atoms with Crippen LogP contribution in [0.1, 0.15) is 11.1 Å². The van der Waals surface area contributed by atoms with E-state index < -0.39 is 0 Å². The summed E-state index contributed by atoms with van der Waals surface area (Å²) >= 11 is 0. The lowest BCUT2D eigenvalue weighted by atomic mass is 10.1. The van der Waals surface area contributed by atoms with Crippen molar-refractivity contribution >= 4 is 32.7 Å². The molecule has 2 heterocycles. The summed E-state index contributed by atoms with van der Waals surface area (Å²) in [6.07, 6.45) is 0.970. The molecular weight excluding hydrogens is 304 g/mol. The lowest BCUT2D eigenvalue weighted by molar-refractivity contribution is 1.25. The number of rotatable bonds is 0. The summed E-state index contributed by atoms with van der Waals surface area (Å²) in [4.78, 5) is 9.99. The largest absolute Gasteiger partial charge is 0.245 e. The minimum atomic E-state index is 0.970. The Labute approximate surface area is 144 Å². The predicted molar refractivity (Wildman–Crippen MR) is 103 cm³/mol. The maximum absolute atomic E-state index is 5.07. The molecule has 0 fully saturated rings. The standard InChI is InChI=1S/C23H14N2/c1-3-7-19-14(5-1)11-18-13-17-10-9-16-12-15-6-2-4-8-20(15)24-22(16)23(17)25-21(18)19/h1-10,12-13H,11H2. The Hall–Kier alpha value is -3.26. The number of hydrogen-bond donors (Lipinski definition) is 0. The molecule has 0 N–H and O–H groups in total. The van der Waals surface area contributed by atoms with Gasteiger partial charge in [-0.3, -0.25) is 0 Å². The highest BCUT2D eigenvalue weighted by Crippen LogP contribution is 2.38. The summed E-state index contributed by atoms with van der Waals surface area (Å²) in [6, 6.07) is 25.7. The van der Waals surface area contributed by atoms with Gasteiger partial charge in [-0.15, -0.1) is 0 Å². The molecule has 25 heavy (non-hydrogen) atoms. The van der Waals surface area contributed by atoms with E-state index in [4.69, 9.17) is 9.97 Å². The number of fused-ring (bicyclic) bond motifs is 7. The van der Waals surface area contributed by atoms with Crippen LogP contribution in [-0.4, -0.2) is 9.97 Å². The second-order valence-corrected chi connectivity index (χ2v) is 6.72. The molecule has 2 aromatic heterocycles. The molecule has 0 radical (unpaired) electrons. The molecule has 2 nitrogen and oxygen atoms in total. The fourth-order valence-electron chi connectivity index (χ4n) is 4.00. The van der Waals surface area contributed by atoms with Crippen molar-refractivity contribution < 1.29 is 0 Å². The van der Waals surface area contributed by atoms with E-state index in [1.165, 1.54) is 27.5 Å². The normalized spacial score (nSPS) is 12.6. The van der Waals surface area contributed by atoms with Gasteiger partial charge in [0.1, 0.15) is 0 Å². The minimum Gasteiger partial charge on any atom is -0.245 e. The topological polar surface area (TPSA) is 25.8 Å². The highest BCUT2D eigenvalue weighted by Gasteiger charge is 2.20. The van der Waals surface area contributed by atoms with Crippen molar-refractivity contribution in [1.82, 2.24) is 9.97 Å². The molecule has 116 valence electrons. The summed E-state index contributed by atoms with van der Waals surface area (Å²) < 4.78 is 0. The van der Waals surface area contributed by atoms with Crippen LogP contribution in [0.5, 0.6) is 0 Å². The van der Waals surface area contributed by atoms with E-state index in [0.717, 1.165) is 34.1 Å². The van der Waals surface area contributed by atoms with E-state index in [1.54, 1.807) is 0 Å². The second kappa shape index (κ2) is 4.64. The van der Waals surface area contributed by atoms with Crippen LogP contribution < -0.4 is 0 Å². The smallest absolute Gasteiger partial charge is 0.0972 e. The number of hydrogen-bond acceptors (Lipinski definition) is 2. The van der Waals surface area contributed by atoms with Gasteiger partial charge >= 0.3 is 0 Å². The van der Waals surface area contributed by atoms with E-state index in [1.807, 2.05) is 6.07 Å². The Kier molecular flexibility index (Phi) is 2.43. The SMILES string of the molecule is c1ccc2c(c1)Cc1cc3ccc4cc5ccccc5nc4c3nc1-2. The zero-order valence-electron chi connectivity index (χ0n) is 13.5. The van der Waals surface area contributed by atoms with Gasteiger partial charge in [0.25, 0.3) is 0 Å². The fraction of sp³-hybridized carbons (Fsp3) is 0.0435. The van der Waals surface area contributed by atoms with Crippen molar-refractivity contribution in [3.8, 4) is 11.3 Å². The van der Waals surface area contributed by atoms with Crippen molar-refractivity contribution in [3.05, 3.63) is 83.9 Å². The lowest BCUT2D eigenvalue weighted by Gasteiger charge is -2.08. The van der Waals surface area contributed by atoms with Crippen LogP contribution in [0.3, 0.4) is 0 Å². The monoisotopic (exact) mass is 318 g/mol. The van der Waals surface area contributed by atoms with E-state index in [-0.39, 0.29) is 0 Å². The fourth-order valence-corrected chi connectivity index (χ4v) is 4.00. The van der Waals surface area contributed by atoms with Crippen LogP contribution in [0.2, 0.25) is 0 Å². The first kappa shape index (κ1) is 13.1. The summed E-state index contributed by atoms with van der Waals surface area (Å²) in [5.74, 6) is 0. The first-order chi connectivity index (χ1) is 12.4. The van der Waals surface area contributed by atoms with Crippen molar-refractivity contribution in [2.45, 2.75) is 6.42 Å². The van der Waals surface area contributed by atoms with Gasteiger partial charge in [0.2, 0.25) is 0 Å². The molecule has 0 unspecified atom stereocenters. The maximum Gasteiger partial charge on any atom is 0.0972 e. The van der Waals surface area contributed by atoms with E-state index in [2.05, 4.69) is 66.7 Å². The van der Waals surface area contributed by atoms with Gasteiger partial charge in [-0.05, 0) is 29.3 Å². The number of pyridine rings is 2. The van der Waals surface area contributed by atoms with Gasteiger partial charge in [-0.1, -0.05) is 54.6 Å². The highest BCUT2D eigenvalue weighted by atomic mass is 14.8. The molecule has 3 aromatic carbocycles. The molecule has 0 bridgehead atoms. The third-order valence-corrected chi connectivity index (χ3v) is 5.20. The predicted octanol–water partition coefficient (Wildman–Crippen LogP) is 5.51. The zero-order valence-corrected chi connectivity index (χ0v) is 13.5. The Morgan fingerprint density at radius 1 is 0.600 bits per heavy atom. The summed E-state index contributed by atoms with van der Waals surface area (Å²) in [6.45, 7) is 0. The minimum absolute atomic E-state index is 0.970. The quantitative estimate of drug-likeness (QED) is 0.273. The molecule has 0 amide bonds. The van der Waals surface area contributed by atoms with Gasteiger partial charge in [0.15, 0.2) is 0 Å². The number of para-hydroxylation sites is 1. The first-order valence-electron chi connectivity index (χ1n) is 8.57. The van der Waals surface area contributed by atoms with Gasteiger partial charge in [-0.2, -0.15) is 0 Å². The van der Waals surface area contributed by atoms with Gasteiger partial charge in [0, 0.05) is 28.1 Å². The molecule has 0 spiro atoms. The van der Waals surface area contributed by atoms with Crippen LogP contribution in [-0.2, 0) is 6.42 Å². The molecule has 0 aliphatic heterocycles. The molecule has 0 saturated carbocycles. The Morgan fingerprint density at radius 3 is 2.32 bits per heavy atom. The molecule has 5 aromatic rings. The molecular formula is C23H14N2. The van der Waals surface area contributed by atoms with Gasteiger partial charge < -0.3 is 0 Å².